The van der Waals surface area contributed by atoms with Crippen LogP contribution in [0, 0.1) is 6.92 Å². The molecule has 0 radical (unpaired) electrons. The van der Waals surface area contributed by atoms with E-state index in [9.17, 15) is 9.90 Å². The van der Waals surface area contributed by atoms with Crippen LogP contribution in [-0.4, -0.2) is 34.3 Å². The van der Waals surface area contributed by atoms with E-state index in [0.29, 0.717) is 22.5 Å². The smallest absolute Gasteiger partial charge is 0.253 e. The summed E-state index contributed by atoms with van der Waals surface area (Å²) in [5, 5.41) is 9.57. The van der Waals surface area contributed by atoms with E-state index in [1.807, 2.05) is 0 Å². The van der Waals surface area contributed by atoms with Crippen LogP contribution in [0.15, 0.2) is 18.2 Å². The number of benzene rings is 1. The quantitative estimate of drug-likeness (QED) is 0.869. The molecule has 0 spiro atoms. The molecule has 94 valence electrons. The van der Waals surface area contributed by atoms with Crippen LogP contribution in [0.5, 0.6) is 5.75 Å². The van der Waals surface area contributed by atoms with Gasteiger partial charge in [-0.15, -0.1) is 0 Å². The summed E-state index contributed by atoms with van der Waals surface area (Å²) < 4.78 is 0. The van der Waals surface area contributed by atoms with Crippen molar-refractivity contribution >= 4 is 21.8 Å². The number of amides is 1. The molecule has 1 amide bonds. The van der Waals surface area contributed by atoms with Gasteiger partial charge < -0.3 is 10.0 Å². The Hall–Kier alpha value is -1.03. The summed E-state index contributed by atoms with van der Waals surface area (Å²) in [7, 11) is 1.78. The summed E-state index contributed by atoms with van der Waals surface area (Å²) in [6.07, 6.45) is 0.903. The van der Waals surface area contributed by atoms with E-state index in [4.69, 9.17) is 0 Å². The zero-order chi connectivity index (χ0) is 13.0. The van der Waals surface area contributed by atoms with E-state index in [-0.39, 0.29) is 11.7 Å². The van der Waals surface area contributed by atoms with Crippen LogP contribution in [0.25, 0.3) is 0 Å². The highest BCUT2D eigenvalue weighted by molar-refractivity contribution is 9.09. The van der Waals surface area contributed by atoms with Crippen LogP contribution in [0.3, 0.4) is 0 Å². The Morgan fingerprint density at radius 2 is 2.18 bits per heavy atom. The molecule has 0 aromatic heterocycles. The molecule has 1 aromatic carbocycles. The Morgan fingerprint density at radius 1 is 1.53 bits per heavy atom. The van der Waals surface area contributed by atoms with Crippen LogP contribution in [0.4, 0.5) is 0 Å². The molecule has 0 saturated heterocycles. The van der Waals surface area contributed by atoms with E-state index in [0.717, 1.165) is 6.42 Å². The third-order valence-electron chi connectivity index (χ3n) is 2.74. The van der Waals surface area contributed by atoms with Gasteiger partial charge in [-0.3, -0.25) is 4.79 Å². The number of carbonyl (C=O) groups is 1. The van der Waals surface area contributed by atoms with Gasteiger partial charge >= 0.3 is 0 Å². The number of aromatic hydroxyl groups is 1. The predicted molar refractivity (Wildman–Crippen MR) is 72.8 cm³/mol. The van der Waals surface area contributed by atoms with Crippen molar-refractivity contribution in [2.24, 2.45) is 0 Å². The first kappa shape index (κ1) is 14.0. The average molecular weight is 300 g/mol. The normalized spacial score (nSPS) is 12.2. The van der Waals surface area contributed by atoms with Gasteiger partial charge in [0.25, 0.3) is 5.91 Å². The molecule has 0 aliphatic rings. The van der Waals surface area contributed by atoms with E-state index in [2.05, 4.69) is 22.9 Å². The molecule has 0 aliphatic carbocycles. The summed E-state index contributed by atoms with van der Waals surface area (Å²) in [4.78, 5) is 14.2. The number of phenols is 1. The molecular weight excluding hydrogens is 282 g/mol. The van der Waals surface area contributed by atoms with E-state index < -0.39 is 0 Å². The molecule has 1 N–H and O–H groups in total. The van der Waals surface area contributed by atoms with Crippen molar-refractivity contribution in [3.05, 3.63) is 29.3 Å². The number of carbonyl (C=O) groups excluding carboxylic acids is 1. The number of nitrogens with zero attached hydrogens (tertiary/aromatic N) is 1. The topological polar surface area (TPSA) is 40.5 Å². The van der Waals surface area contributed by atoms with Gasteiger partial charge in [-0.05, 0) is 25.5 Å². The lowest BCUT2D eigenvalue weighted by atomic mass is 10.1. The Balaban J connectivity index is 2.78. The molecule has 1 unspecified atom stereocenters. The van der Waals surface area contributed by atoms with Gasteiger partial charge in [-0.25, -0.2) is 0 Å². The Kier molecular flexibility index (Phi) is 5.00. The van der Waals surface area contributed by atoms with Crippen molar-refractivity contribution in [3.63, 3.8) is 0 Å². The number of alkyl halides is 1. The van der Waals surface area contributed by atoms with Crippen molar-refractivity contribution in [1.82, 2.24) is 4.90 Å². The summed E-state index contributed by atoms with van der Waals surface area (Å²) in [5.41, 5.74) is 1.20. The molecule has 4 heteroatoms. The predicted octanol–water partition coefficient (Wildman–Crippen LogP) is 2.95. The number of hydrogen-bond donors (Lipinski definition) is 1. The Labute approximate surface area is 111 Å². The summed E-state index contributed by atoms with van der Waals surface area (Å²) in [5.74, 6) is 0.115. The number of rotatable bonds is 4. The minimum absolute atomic E-state index is 0.0495. The van der Waals surface area contributed by atoms with Crippen LogP contribution < -0.4 is 0 Å². The zero-order valence-corrected chi connectivity index (χ0v) is 12.0. The highest BCUT2D eigenvalue weighted by atomic mass is 79.9. The summed E-state index contributed by atoms with van der Waals surface area (Å²) in [6, 6.07) is 5.02. The second-order valence-corrected chi connectivity index (χ2v) is 5.81. The molecule has 0 heterocycles. The van der Waals surface area contributed by atoms with Crippen LogP contribution in [0.1, 0.15) is 29.3 Å². The minimum Gasteiger partial charge on any atom is -0.508 e. The molecule has 0 saturated carbocycles. The standard InChI is InChI=1S/C13H18BrNO2/c1-9(14)7-8-15(3)13(17)11-5-4-6-12(16)10(11)2/h4-6,9,16H,7-8H2,1-3H3. The highest BCUT2D eigenvalue weighted by Gasteiger charge is 2.15. The molecule has 1 rings (SSSR count). The van der Waals surface area contributed by atoms with Crippen LogP contribution >= 0.6 is 15.9 Å². The molecule has 17 heavy (non-hydrogen) atoms. The summed E-state index contributed by atoms with van der Waals surface area (Å²) >= 11 is 3.46. The maximum Gasteiger partial charge on any atom is 0.253 e. The average Bonchev–Trinajstić information content (AvgIpc) is 2.28. The largest absolute Gasteiger partial charge is 0.508 e. The van der Waals surface area contributed by atoms with Crippen molar-refractivity contribution in [2.75, 3.05) is 13.6 Å². The Morgan fingerprint density at radius 3 is 2.76 bits per heavy atom. The van der Waals surface area contributed by atoms with E-state index in [1.54, 1.807) is 37.1 Å². The van der Waals surface area contributed by atoms with Crippen molar-refractivity contribution < 1.29 is 9.90 Å². The monoisotopic (exact) mass is 299 g/mol. The maximum absolute atomic E-state index is 12.1. The second-order valence-electron chi connectivity index (χ2n) is 4.25. The van der Waals surface area contributed by atoms with Gasteiger partial charge in [0.15, 0.2) is 0 Å². The third-order valence-corrected chi connectivity index (χ3v) is 3.20. The molecule has 0 fully saturated rings. The minimum atomic E-state index is -0.0495. The van der Waals surface area contributed by atoms with Crippen molar-refractivity contribution in [2.45, 2.75) is 25.1 Å². The van der Waals surface area contributed by atoms with E-state index in [1.165, 1.54) is 0 Å². The molecule has 0 bridgehead atoms. The van der Waals surface area contributed by atoms with Gasteiger partial charge in [0.05, 0.1) is 0 Å². The fourth-order valence-electron chi connectivity index (χ4n) is 1.53. The van der Waals surface area contributed by atoms with Crippen molar-refractivity contribution in [1.29, 1.82) is 0 Å². The lowest BCUT2D eigenvalue weighted by Crippen LogP contribution is -2.29. The number of phenolic OH excluding ortho intramolecular Hbond substituents is 1. The SMILES string of the molecule is Cc1c(O)cccc1C(=O)N(C)CCC(C)Br. The van der Waals surface area contributed by atoms with Crippen LogP contribution in [-0.2, 0) is 0 Å². The zero-order valence-electron chi connectivity index (χ0n) is 10.4. The first-order valence-electron chi connectivity index (χ1n) is 5.61. The molecular formula is C13H18BrNO2. The molecule has 1 aromatic rings. The number of halogens is 1. The fourth-order valence-corrected chi connectivity index (χ4v) is 1.74. The maximum atomic E-state index is 12.1. The Bertz CT molecular complexity index is 404. The lowest BCUT2D eigenvalue weighted by Gasteiger charge is -2.19. The highest BCUT2D eigenvalue weighted by Crippen LogP contribution is 2.20. The van der Waals surface area contributed by atoms with Crippen molar-refractivity contribution in [3.8, 4) is 5.75 Å². The molecule has 1 atom stereocenters. The lowest BCUT2D eigenvalue weighted by molar-refractivity contribution is 0.0793. The fraction of sp³-hybridized carbons (Fsp3) is 0.462. The second kappa shape index (κ2) is 6.05. The van der Waals surface area contributed by atoms with Gasteiger partial charge in [0.1, 0.15) is 5.75 Å². The van der Waals surface area contributed by atoms with Gasteiger partial charge in [0, 0.05) is 29.5 Å². The molecule has 3 nitrogen and oxygen atoms in total. The van der Waals surface area contributed by atoms with E-state index >= 15 is 0 Å². The first-order valence-corrected chi connectivity index (χ1v) is 6.53. The van der Waals surface area contributed by atoms with Gasteiger partial charge in [-0.2, -0.15) is 0 Å². The van der Waals surface area contributed by atoms with Gasteiger partial charge in [0.2, 0.25) is 0 Å². The van der Waals surface area contributed by atoms with Crippen LogP contribution in [0.2, 0.25) is 0 Å². The molecule has 0 aliphatic heterocycles. The number of hydrogen-bond acceptors (Lipinski definition) is 2. The summed E-state index contributed by atoms with van der Waals surface area (Å²) in [6.45, 7) is 4.50. The van der Waals surface area contributed by atoms with Gasteiger partial charge in [-0.1, -0.05) is 28.9 Å². The first-order chi connectivity index (χ1) is 7.93. The third kappa shape index (κ3) is 3.73.